The molecule has 0 N–H and O–H groups in total. The van der Waals surface area contributed by atoms with Crippen LogP contribution in [0.3, 0.4) is 0 Å². The third-order valence-corrected chi connectivity index (χ3v) is 3.94. The van der Waals surface area contributed by atoms with Crippen LogP contribution in [0.5, 0.6) is 0 Å². The molecule has 68 valence electrons. The summed E-state index contributed by atoms with van der Waals surface area (Å²) >= 11 is 0. The number of carbonyl (C=O) groups is 1. The summed E-state index contributed by atoms with van der Waals surface area (Å²) in [5.41, 5.74) is 0.135. The van der Waals surface area contributed by atoms with Gasteiger partial charge in [0.25, 0.3) is 0 Å². The van der Waals surface area contributed by atoms with Crippen molar-refractivity contribution >= 4 is 6.29 Å². The fraction of sp³-hybridized carbons (Fsp3) is 0.909. The van der Waals surface area contributed by atoms with E-state index in [1.54, 1.807) is 0 Å². The van der Waals surface area contributed by atoms with Gasteiger partial charge in [-0.25, -0.2) is 0 Å². The number of hydrogen-bond donors (Lipinski definition) is 0. The van der Waals surface area contributed by atoms with E-state index in [0.29, 0.717) is 0 Å². The zero-order valence-corrected chi connectivity index (χ0v) is 7.72. The maximum Gasteiger partial charge on any atom is 0.126 e. The van der Waals surface area contributed by atoms with E-state index < -0.39 is 0 Å². The van der Waals surface area contributed by atoms with E-state index in [4.69, 9.17) is 0 Å². The summed E-state index contributed by atoms with van der Waals surface area (Å²) in [7, 11) is 0. The molecule has 1 heteroatoms. The molecule has 0 saturated heterocycles. The zero-order valence-electron chi connectivity index (χ0n) is 7.72. The Hall–Kier alpha value is -0.330. The standard InChI is InChI=1S/C11H18O/c12-9-11-7-3-1-5-10(11)6-2-4-8-11/h9-10H,1-8H2. The average molecular weight is 166 g/mol. The van der Waals surface area contributed by atoms with Gasteiger partial charge in [-0.1, -0.05) is 25.7 Å². The van der Waals surface area contributed by atoms with Gasteiger partial charge in [-0.2, -0.15) is 0 Å². The Balaban J connectivity index is 2.15. The molecule has 0 radical (unpaired) electrons. The molecule has 0 aliphatic heterocycles. The van der Waals surface area contributed by atoms with Gasteiger partial charge in [0.15, 0.2) is 0 Å². The summed E-state index contributed by atoms with van der Waals surface area (Å²) in [5, 5.41) is 0. The highest BCUT2D eigenvalue weighted by Crippen LogP contribution is 2.48. The Morgan fingerprint density at radius 3 is 2.00 bits per heavy atom. The summed E-state index contributed by atoms with van der Waals surface area (Å²) in [4.78, 5) is 11.1. The molecule has 1 nitrogen and oxygen atoms in total. The average Bonchev–Trinajstić information content (AvgIpc) is 2.18. The van der Waals surface area contributed by atoms with Crippen LogP contribution in [0.1, 0.15) is 51.4 Å². The fourth-order valence-electron chi connectivity index (χ4n) is 3.16. The molecule has 2 fully saturated rings. The summed E-state index contributed by atoms with van der Waals surface area (Å²) in [6.07, 6.45) is 11.6. The summed E-state index contributed by atoms with van der Waals surface area (Å²) in [6.45, 7) is 0. The summed E-state index contributed by atoms with van der Waals surface area (Å²) in [5.74, 6) is 0.748. The smallest absolute Gasteiger partial charge is 0.126 e. The third kappa shape index (κ3) is 1.19. The number of fused-ring (bicyclic) bond motifs is 1. The molecule has 0 aromatic rings. The van der Waals surface area contributed by atoms with Crippen molar-refractivity contribution in [1.29, 1.82) is 0 Å². The molecule has 0 aromatic carbocycles. The third-order valence-electron chi connectivity index (χ3n) is 3.94. The first-order chi connectivity index (χ1) is 5.87. The van der Waals surface area contributed by atoms with E-state index in [1.807, 2.05) is 0 Å². The van der Waals surface area contributed by atoms with Crippen LogP contribution in [0.2, 0.25) is 0 Å². The van der Waals surface area contributed by atoms with Gasteiger partial charge < -0.3 is 4.79 Å². The van der Waals surface area contributed by atoms with Crippen LogP contribution in [0, 0.1) is 11.3 Å². The molecule has 2 saturated carbocycles. The SMILES string of the molecule is O=CC12CCCCC1CCCC2. The lowest BCUT2D eigenvalue weighted by Gasteiger charge is -2.43. The van der Waals surface area contributed by atoms with Crippen LogP contribution in [0.4, 0.5) is 0 Å². The molecule has 2 aliphatic carbocycles. The van der Waals surface area contributed by atoms with Crippen LogP contribution in [-0.4, -0.2) is 6.29 Å². The molecule has 0 bridgehead atoms. The first-order valence-corrected chi connectivity index (χ1v) is 5.34. The van der Waals surface area contributed by atoms with Gasteiger partial charge in [-0.15, -0.1) is 0 Å². The molecular weight excluding hydrogens is 148 g/mol. The second kappa shape index (κ2) is 3.20. The molecular formula is C11H18O. The van der Waals surface area contributed by atoms with Crippen LogP contribution >= 0.6 is 0 Å². The van der Waals surface area contributed by atoms with E-state index in [9.17, 15) is 4.79 Å². The Morgan fingerprint density at radius 2 is 1.58 bits per heavy atom. The van der Waals surface area contributed by atoms with Crippen molar-refractivity contribution in [3.05, 3.63) is 0 Å². The molecule has 0 heterocycles. The van der Waals surface area contributed by atoms with E-state index in [2.05, 4.69) is 0 Å². The van der Waals surface area contributed by atoms with Crippen LogP contribution in [0.25, 0.3) is 0 Å². The van der Waals surface area contributed by atoms with E-state index in [-0.39, 0.29) is 5.41 Å². The van der Waals surface area contributed by atoms with Crippen molar-refractivity contribution in [2.24, 2.45) is 11.3 Å². The maximum atomic E-state index is 11.1. The largest absolute Gasteiger partial charge is 0.303 e. The van der Waals surface area contributed by atoms with Gasteiger partial charge in [0.1, 0.15) is 6.29 Å². The number of aldehydes is 1. The van der Waals surface area contributed by atoms with Gasteiger partial charge in [0.2, 0.25) is 0 Å². The predicted molar refractivity (Wildman–Crippen MR) is 48.9 cm³/mol. The zero-order chi connectivity index (χ0) is 8.44. The molecule has 0 atom stereocenters. The number of hydrogen-bond acceptors (Lipinski definition) is 1. The molecule has 2 aliphatic rings. The minimum absolute atomic E-state index is 0.135. The van der Waals surface area contributed by atoms with Gasteiger partial charge in [-0.3, -0.25) is 0 Å². The fourth-order valence-corrected chi connectivity index (χ4v) is 3.16. The van der Waals surface area contributed by atoms with Crippen molar-refractivity contribution in [2.75, 3.05) is 0 Å². The molecule has 0 unspecified atom stereocenters. The predicted octanol–water partition coefficient (Wildman–Crippen LogP) is 2.94. The Kier molecular flexibility index (Phi) is 2.20. The Labute approximate surface area is 74.5 Å². The quantitative estimate of drug-likeness (QED) is 0.547. The van der Waals surface area contributed by atoms with Crippen molar-refractivity contribution in [1.82, 2.24) is 0 Å². The highest BCUT2D eigenvalue weighted by atomic mass is 16.1. The van der Waals surface area contributed by atoms with Crippen LogP contribution < -0.4 is 0 Å². The second-order valence-electron chi connectivity index (χ2n) is 4.54. The lowest BCUT2D eigenvalue weighted by Crippen LogP contribution is -2.37. The van der Waals surface area contributed by atoms with Crippen molar-refractivity contribution in [3.8, 4) is 0 Å². The van der Waals surface area contributed by atoms with Crippen molar-refractivity contribution in [2.45, 2.75) is 51.4 Å². The molecule has 0 aromatic heterocycles. The minimum Gasteiger partial charge on any atom is -0.303 e. The van der Waals surface area contributed by atoms with Gasteiger partial charge >= 0.3 is 0 Å². The van der Waals surface area contributed by atoms with Gasteiger partial charge in [0, 0.05) is 5.41 Å². The maximum absolute atomic E-state index is 11.1. The number of carbonyl (C=O) groups excluding carboxylic acids is 1. The highest BCUT2D eigenvalue weighted by Gasteiger charge is 2.41. The van der Waals surface area contributed by atoms with E-state index in [1.165, 1.54) is 57.7 Å². The first-order valence-electron chi connectivity index (χ1n) is 5.34. The van der Waals surface area contributed by atoms with Gasteiger partial charge in [-0.05, 0) is 31.6 Å². The van der Waals surface area contributed by atoms with Crippen LogP contribution in [0.15, 0.2) is 0 Å². The molecule has 2 rings (SSSR count). The lowest BCUT2D eigenvalue weighted by atomic mass is 9.60. The summed E-state index contributed by atoms with van der Waals surface area (Å²) < 4.78 is 0. The van der Waals surface area contributed by atoms with E-state index >= 15 is 0 Å². The lowest BCUT2D eigenvalue weighted by molar-refractivity contribution is -0.123. The first kappa shape index (κ1) is 8.28. The minimum atomic E-state index is 0.135. The van der Waals surface area contributed by atoms with Gasteiger partial charge in [0.05, 0.1) is 0 Å². The van der Waals surface area contributed by atoms with Crippen molar-refractivity contribution < 1.29 is 4.79 Å². The second-order valence-corrected chi connectivity index (χ2v) is 4.54. The Bertz CT molecular complexity index is 162. The Morgan fingerprint density at radius 1 is 1.00 bits per heavy atom. The topological polar surface area (TPSA) is 17.1 Å². The van der Waals surface area contributed by atoms with E-state index in [0.717, 1.165) is 5.92 Å². The molecule has 12 heavy (non-hydrogen) atoms. The number of rotatable bonds is 1. The highest BCUT2D eigenvalue weighted by molar-refractivity contribution is 5.60. The molecule has 0 spiro atoms. The van der Waals surface area contributed by atoms with Crippen molar-refractivity contribution in [3.63, 3.8) is 0 Å². The summed E-state index contributed by atoms with van der Waals surface area (Å²) in [6, 6.07) is 0. The molecule has 0 amide bonds. The van der Waals surface area contributed by atoms with Crippen LogP contribution in [-0.2, 0) is 4.79 Å². The monoisotopic (exact) mass is 166 g/mol. The normalized spacial score (nSPS) is 41.8.